The summed E-state index contributed by atoms with van der Waals surface area (Å²) in [6.45, 7) is 1.93. The number of benzene rings is 1. The molecule has 2 aromatic rings. The van der Waals surface area contributed by atoms with E-state index >= 15 is 0 Å². The van der Waals surface area contributed by atoms with Crippen molar-refractivity contribution >= 4 is 24.1 Å². The van der Waals surface area contributed by atoms with Crippen LogP contribution in [0.2, 0.25) is 0 Å². The van der Waals surface area contributed by atoms with Gasteiger partial charge in [-0.15, -0.1) is 0 Å². The van der Waals surface area contributed by atoms with Crippen LogP contribution in [0, 0.1) is 14.9 Å². The average molecular weight is 307 g/mol. The minimum absolute atomic E-state index is 0.118. The summed E-state index contributed by atoms with van der Waals surface area (Å²) >= 11 is 5.06. The van der Waals surface area contributed by atoms with E-state index in [0.29, 0.717) is 22.6 Å². The van der Waals surface area contributed by atoms with Crippen molar-refractivity contribution in [1.82, 2.24) is 14.9 Å². The lowest BCUT2D eigenvalue weighted by atomic mass is 10.2. The van der Waals surface area contributed by atoms with Crippen LogP contribution in [-0.4, -0.2) is 33.1 Å². The van der Waals surface area contributed by atoms with Crippen LogP contribution in [0.25, 0.3) is 0 Å². The van der Waals surface area contributed by atoms with Crippen molar-refractivity contribution in [2.75, 3.05) is 7.11 Å². The van der Waals surface area contributed by atoms with E-state index in [1.54, 1.807) is 6.07 Å². The SMILES string of the molecule is CCc1n[nH]c(=S)n1/N=C\c1ccc(OC)c([N+](=O)[O-])c1. The highest BCUT2D eigenvalue weighted by atomic mass is 32.1. The summed E-state index contributed by atoms with van der Waals surface area (Å²) < 4.78 is 6.79. The summed E-state index contributed by atoms with van der Waals surface area (Å²) in [5.41, 5.74) is 0.445. The first-order chi connectivity index (χ1) is 10.1. The standard InChI is InChI=1S/C12H13N5O3S/c1-3-11-14-15-12(21)16(11)13-7-8-4-5-10(20-2)9(6-8)17(18)19/h4-7H,3H2,1-2H3,(H,15,21)/b13-7-. The number of nitrogens with zero attached hydrogens (tertiary/aromatic N) is 4. The minimum Gasteiger partial charge on any atom is -0.490 e. The number of rotatable bonds is 5. The van der Waals surface area contributed by atoms with Gasteiger partial charge in [-0.2, -0.15) is 14.9 Å². The van der Waals surface area contributed by atoms with Crippen molar-refractivity contribution in [3.8, 4) is 5.75 Å². The van der Waals surface area contributed by atoms with E-state index in [1.807, 2.05) is 6.92 Å². The summed E-state index contributed by atoms with van der Waals surface area (Å²) in [5.74, 6) is 0.880. The number of methoxy groups -OCH3 is 1. The predicted octanol–water partition coefficient (Wildman–Crippen LogP) is 2.30. The van der Waals surface area contributed by atoms with Gasteiger partial charge in [0, 0.05) is 18.1 Å². The van der Waals surface area contributed by atoms with Gasteiger partial charge in [-0.3, -0.25) is 15.2 Å². The number of aromatic nitrogens is 3. The fraction of sp³-hybridized carbons (Fsp3) is 0.250. The Hall–Kier alpha value is -2.55. The van der Waals surface area contributed by atoms with Crippen molar-refractivity contribution in [3.63, 3.8) is 0 Å². The monoisotopic (exact) mass is 307 g/mol. The van der Waals surface area contributed by atoms with Crippen LogP contribution in [0.4, 0.5) is 5.69 Å². The van der Waals surface area contributed by atoms with Gasteiger partial charge in [0.1, 0.15) is 0 Å². The zero-order valence-corrected chi connectivity index (χ0v) is 12.3. The molecule has 110 valence electrons. The molecule has 0 radical (unpaired) electrons. The fourth-order valence-corrected chi connectivity index (χ4v) is 1.92. The van der Waals surface area contributed by atoms with Crippen LogP contribution in [-0.2, 0) is 6.42 Å². The molecule has 0 amide bonds. The maximum absolute atomic E-state index is 11.0. The normalized spacial score (nSPS) is 11.0. The number of aromatic amines is 1. The number of nitrogens with one attached hydrogen (secondary N) is 1. The highest BCUT2D eigenvalue weighted by molar-refractivity contribution is 7.71. The second kappa shape index (κ2) is 6.27. The lowest BCUT2D eigenvalue weighted by molar-refractivity contribution is -0.385. The van der Waals surface area contributed by atoms with Crippen molar-refractivity contribution in [2.24, 2.45) is 5.10 Å². The van der Waals surface area contributed by atoms with Crippen LogP contribution in [0.15, 0.2) is 23.3 Å². The van der Waals surface area contributed by atoms with Crippen molar-refractivity contribution in [1.29, 1.82) is 0 Å². The number of hydrogen-bond donors (Lipinski definition) is 1. The Labute approximate surface area is 125 Å². The Balaban J connectivity index is 2.37. The lowest BCUT2D eigenvalue weighted by Crippen LogP contribution is -1.98. The topological polar surface area (TPSA) is 98.3 Å². The summed E-state index contributed by atoms with van der Waals surface area (Å²) in [4.78, 5) is 10.5. The molecule has 0 spiro atoms. The van der Waals surface area contributed by atoms with E-state index in [2.05, 4.69) is 15.3 Å². The molecule has 8 nitrogen and oxygen atoms in total. The molecule has 0 unspecified atom stereocenters. The smallest absolute Gasteiger partial charge is 0.311 e. The van der Waals surface area contributed by atoms with Crippen molar-refractivity contribution < 1.29 is 9.66 Å². The molecule has 0 fully saturated rings. The number of H-pyrrole nitrogens is 1. The maximum atomic E-state index is 11.0. The summed E-state index contributed by atoms with van der Waals surface area (Å²) in [6, 6.07) is 4.58. The average Bonchev–Trinajstić information content (AvgIpc) is 2.85. The van der Waals surface area contributed by atoms with Gasteiger partial charge in [0.2, 0.25) is 4.77 Å². The summed E-state index contributed by atoms with van der Waals surface area (Å²) in [7, 11) is 1.38. The summed E-state index contributed by atoms with van der Waals surface area (Å²) in [6.07, 6.45) is 2.14. The molecule has 0 aliphatic carbocycles. The Morgan fingerprint density at radius 2 is 2.38 bits per heavy atom. The first-order valence-electron chi connectivity index (χ1n) is 6.10. The van der Waals surface area contributed by atoms with E-state index in [4.69, 9.17) is 17.0 Å². The molecule has 0 bridgehead atoms. The third-order valence-electron chi connectivity index (χ3n) is 2.76. The molecular formula is C12H13N5O3S. The molecule has 1 aromatic carbocycles. The largest absolute Gasteiger partial charge is 0.490 e. The number of hydrogen-bond acceptors (Lipinski definition) is 6. The van der Waals surface area contributed by atoms with Crippen molar-refractivity contribution in [2.45, 2.75) is 13.3 Å². The second-order valence-corrected chi connectivity index (χ2v) is 4.43. The highest BCUT2D eigenvalue weighted by Crippen LogP contribution is 2.26. The molecular weight excluding hydrogens is 294 g/mol. The van der Waals surface area contributed by atoms with E-state index in [1.165, 1.54) is 30.1 Å². The Morgan fingerprint density at radius 1 is 1.62 bits per heavy atom. The van der Waals surface area contributed by atoms with E-state index in [-0.39, 0.29) is 11.4 Å². The van der Waals surface area contributed by atoms with Crippen LogP contribution in [0.3, 0.4) is 0 Å². The minimum atomic E-state index is -0.503. The first kappa shape index (κ1) is 14.9. The number of ether oxygens (including phenoxy) is 1. The van der Waals surface area contributed by atoms with Gasteiger partial charge in [-0.05, 0) is 24.4 Å². The molecule has 9 heteroatoms. The zero-order valence-electron chi connectivity index (χ0n) is 11.4. The molecule has 0 aliphatic rings. The molecule has 1 aromatic heterocycles. The van der Waals surface area contributed by atoms with Gasteiger partial charge < -0.3 is 4.74 Å². The predicted molar refractivity (Wildman–Crippen MR) is 79.4 cm³/mol. The third kappa shape index (κ3) is 3.14. The van der Waals surface area contributed by atoms with Gasteiger partial charge in [0.15, 0.2) is 11.6 Å². The van der Waals surface area contributed by atoms with Gasteiger partial charge in [-0.1, -0.05) is 6.92 Å². The lowest BCUT2D eigenvalue weighted by Gasteiger charge is -2.02. The molecule has 0 saturated carbocycles. The molecule has 1 heterocycles. The van der Waals surface area contributed by atoms with Crippen LogP contribution in [0.1, 0.15) is 18.3 Å². The van der Waals surface area contributed by atoms with Gasteiger partial charge in [0.25, 0.3) is 0 Å². The molecule has 1 N–H and O–H groups in total. The molecule has 21 heavy (non-hydrogen) atoms. The van der Waals surface area contributed by atoms with Crippen LogP contribution in [0.5, 0.6) is 5.75 Å². The third-order valence-corrected chi connectivity index (χ3v) is 3.02. The van der Waals surface area contributed by atoms with Crippen molar-refractivity contribution in [3.05, 3.63) is 44.5 Å². The Kier molecular flexibility index (Phi) is 4.43. The van der Waals surface area contributed by atoms with Crippen LogP contribution < -0.4 is 4.74 Å². The number of nitro groups is 1. The highest BCUT2D eigenvalue weighted by Gasteiger charge is 2.14. The number of nitro benzene ring substituents is 1. The Bertz CT molecular complexity index is 750. The Morgan fingerprint density at radius 3 is 3.00 bits per heavy atom. The van der Waals surface area contributed by atoms with Crippen LogP contribution >= 0.6 is 12.2 Å². The van der Waals surface area contributed by atoms with Gasteiger partial charge >= 0.3 is 5.69 Å². The fourth-order valence-electron chi connectivity index (χ4n) is 1.73. The second-order valence-electron chi connectivity index (χ2n) is 4.04. The van der Waals surface area contributed by atoms with E-state index < -0.39 is 4.92 Å². The molecule has 0 aliphatic heterocycles. The molecule has 0 saturated heterocycles. The number of aryl methyl sites for hydroxylation is 1. The molecule has 0 atom stereocenters. The van der Waals surface area contributed by atoms with Gasteiger partial charge in [0.05, 0.1) is 18.2 Å². The first-order valence-corrected chi connectivity index (χ1v) is 6.50. The quantitative estimate of drug-likeness (QED) is 0.395. The maximum Gasteiger partial charge on any atom is 0.311 e. The van der Waals surface area contributed by atoms with E-state index in [9.17, 15) is 10.1 Å². The van der Waals surface area contributed by atoms with E-state index in [0.717, 1.165) is 0 Å². The summed E-state index contributed by atoms with van der Waals surface area (Å²) in [5, 5.41) is 21.8. The zero-order chi connectivity index (χ0) is 15.4. The van der Waals surface area contributed by atoms with Gasteiger partial charge in [-0.25, -0.2) is 0 Å². The molecule has 2 rings (SSSR count).